The Hall–Kier alpha value is -1.40. The zero-order chi connectivity index (χ0) is 13.6. The van der Waals surface area contributed by atoms with Crippen LogP contribution in [0.3, 0.4) is 0 Å². The molecule has 0 bridgehead atoms. The first kappa shape index (κ1) is 12.6. The molecule has 0 aromatic carbocycles. The number of carbonyl (C=O) groups excluding carboxylic acids is 1. The van der Waals surface area contributed by atoms with Crippen molar-refractivity contribution in [3.63, 3.8) is 0 Å². The fourth-order valence-electron chi connectivity index (χ4n) is 3.11. The Kier molecular flexibility index (Phi) is 2.87. The topological polar surface area (TPSA) is 67.6 Å². The van der Waals surface area contributed by atoms with Crippen molar-refractivity contribution in [2.24, 2.45) is 7.05 Å². The number of aryl methyl sites for hydroxylation is 2. The van der Waals surface area contributed by atoms with Crippen molar-refractivity contribution in [2.45, 2.75) is 31.5 Å². The highest BCUT2D eigenvalue weighted by molar-refractivity contribution is 5.95. The van der Waals surface area contributed by atoms with Gasteiger partial charge in [-0.2, -0.15) is 5.10 Å². The fraction of sp³-hybridized carbons (Fsp3) is 0.692. The number of hydrogen-bond donors (Lipinski definition) is 1. The lowest BCUT2D eigenvalue weighted by Crippen LogP contribution is -2.41. The van der Waals surface area contributed by atoms with Crippen molar-refractivity contribution in [3.8, 4) is 0 Å². The van der Waals surface area contributed by atoms with E-state index in [1.54, 1.807) is 22.8 Å². The van der Waals surface area contributed by atoms with Gasteiger partial charge in [-0.1, -0.05) is 0 Å². The predicted molar refractivity (Wildman–Crippen MR) is 67.8 cm³/mol. The monoisotopic (exact) mass is 265 g/mol. The lowest BCUT2D eigenvalue weighted by Gasteiger charge is -2.25. The van der Waals surface area contributed by atoms with Crippen LogP contribution in [0.2, 0.25) is 0 Å². The number of amides is 1. The predicted octanol–water partition coefficient (Wildman–Crippen LogP) is 0.0944. The maximum Gasteiger partial charge on any atom is 0.257 e. The second kappa shape index (κ2) is 4.31. The van der Waals surface area contributed by atoms with Gasteiger partial charge in [0.1, 0.15) is 11.7 Å². The molecule has 1 spiro atoms. The summed E-state index contributed by atoms with van der Waals surface area (Å²) in [7, 11) is 1.80. The van der Waals surface area contributed by atoms with E-state index in [2.05, 4.69) is 5.10 Å². The highest BCUT2D eigenvalue weighted by atomic mass is 16.5. The maximum atomic E-state index is 12.5. The van der Waals surface area contributed by atoms with Crippen molar-refractivity contribution in [1.82, 2.24) is 14.7 Å². The molecule has 2 aliphatic rings. The van der Waals surface area contributed by atoms with Gasteiger partial charge in [0.05, 0.1) is 17.8 Å². The Bertz CT molecular complexity index is 505. The first-order valence-corrected chi connectivity index (χ1v) is 6.63. The Balaban J connectivity index is 1.81. The van der Waals surface area contributed by atoms with Crippen molar-refractivity contribution in [1.29, 1.82) is 0 Å². The summed E-state index contributed by atoms with van der Waals surface area (Å²) in [6, 6.07) is 0. The maximum absolute atomic E-state index is 12.5. The summed E-state index contributed by atoms with van der Waals surface area (Å²) < 4.78 is 7.34. The number of aliphatic hydroxyl groups is 1. The van der Waals surface area contributed by atoms with Crippen molar-refractivity contribution >= 4 is 5.91 Å². The van der Waals surface area contributed by atoms with Gasteiger partial charge in [-0.05, 0) is 19.8 Å². The van der Waals surface area contributed by atoms with E-state index >= 15 is 0 Å². The number of nitrogens with zero attached hydrogens (tertiary/aromatic N) is 3. The van der Waals surface area contributed by atoms with E-state index in [1.807, 2.05) is 6.92 Å². The molecular weight excluding hydrogens is 246 g/mol. The molecule has 0 aliphatic carbocycles. The third-order valence-electron chi connectivity index (χ3n) is 4.12. The van der Waals surface area contributed by atoms with Gasteiger partial charge in [-0.25, -0.2) is 0 Å². The van der Waals surface area contributed by atoms with Gasteiger partial charge in [-0.15, -0.1) is 0 Å². The van der Waals surface area contributed by atoms with Crippen LogP contribution in [0.5, 0.6) is 0 Å². The van der Waals surface area contributed by atoms with E-state index in [1.165, 1.54) is 0 Å². The molecule has 2 saturated heterocycles. The van der Waals surface area contributed by atoms with Gasteiger partial charge in [0.25, 0.3) is 5.91 Å². The molecule has 0 saturated carbocycles. The lowest BCUT2D eigenvalue weighted by molar-refractivity contribution is -0.0590. The average Bonchev–Trinajstić information content (AvgIpc) is 3.03. The number of likely N-dealkylation sites (tertiary alicyclic amines) is 1. The lowest BCUT2D eigenvalue weighted by atomic mass is 9.97. The van der Waals surface area contributed by atoms with Crippen LogP contribution < -0.4 is 0 Å². The normalized spacial score (nSPS) is 30.5. The zero-order valence-electron chi connectivity index (χ0n) is 11.3. The van der Waals surface area contributed by atoms with E-state index in [-0.39, 0.29) is 5.91 Å². The van der Waals surface area contributed by atoms with Gasteiger partial charge in [-0.3, -0.25) is 9.48 Å². The van der Waals surface area contributed by atoms with Crippen LogP contribution in [0.15, 0.2) is 6.20 Å². The number of aliphatic hydroxyl groups excluding tert-OH is 1. The first-order valence-electron chi connectivity index (χ1n) is 6.63. The van der Waals surface area contributed by atoms with E-state index < -0.39 is 11.7 Å². The summed E-state index contributed by atoms with van der Waals surface area (Å²) in [5.74, 6) is -0.0722. The van der Waals surface area contributed by atoms with Crippen LogP contribution in [-0.4, -0.2) is 57.1 Å². The van der Waals surface area contributed by atoms with E-state index in [9.17, 15) is 9.90 Å². The van der Waals surface area contributed by atoms with Crippen LogP contribution in [0.4, 0.5) is 0 Å². The van der Waals surface area contributed by atoms with Crippen LogP contribution in [0, 0.1) is 6.92 Å². The van der Waals surface area contributed by atoms with Crippen LogP contribution in [-0.2, 0) is 11.8 Å². The standard InChI is InChI=1S/C13H19N3O3/c1-9-10(6-15(2)14-9)12(18)16-7-11(17)13(8-16)4-3-5-19-13/h6,11,17H,3-5,7-8H2,1-2H3/t11-,13-/m0/s1. The number of rotatable bonds is 1. The zero-order valence-corrected chi connectivity index (χ0v) is 11.3. The summed E-state index contributed by atoms with van der Waals surface area (Å²) in [6.45, 7) is 3.31. The SMILES string of the molecule is Cc1nn(C)cc1C(=O)N1C[C@H](O)[C@]2(CCCO2)C1. The number of carbonyl (C=O) groups is 1. The summed E-state index contributed by atoms with van der Waals surface area (Å²) in [4.78, 5) is 14.2. The summed E-state index contributed by atoms with van der Waals surface area (Å²) in [5.41, 5.74) is 0.784. The number of ether oxygens (including phenoxy) is 1. The highest BCUT2D eigenvalue weighted by Gasteiger charge is 2.50. The van der Waals surface area contributed by atoms with E-state index in [0.29, 0.717) is 25.3 Å². The van der Waals surface area contributed by atoms with Crippen molar-refractivity contribution in [3.05, 3.63) is 17.5 Å². The Morgan fingerprint density at radius 2 is 2.42 bits per heavy atom. The van der Waals surface area contributed by atoms with Gasteiger partial charge in [0.2, 0.25) is 0 Å². The van der Waals surface area contributed by atoms with Gasteiger partial charge in [0, 0.05) is 26.4 Å². The molecule has 1 amide bonds. The van der Waals surface area contributed by atoms with E-state index in [4.69, 9.17) is 4.74 Å². The number of aromatic nitrogens is 2. The van der Waals surface area contributed by atoms with Crippen LogP contribution in [0.1, 0.15) is 28.9 Å². The molecule has 19 heavy (non-hydrogen) atoms. The number of β-amino-alcohol motifs (C(OH)–C–C–N with tert-alkyl or cyclic N) is 1. The molecule has 6 nitrogen and oxygen atoms in total. The molecule has 2 aliphatic heterocycles. The quantitative estimate of drug-likeness (QED) is 0.781. The molecule has 2 atom stereocenters. The minimum absolute atomic E-state index is 0.0722. The smallest absolute Gasteiger partial charge is 0.257 e. The van der Waals surface area contributed by atoms with Gasteiger partial charge in [0.15, 0.2) is 0 Å². The molecule has 104 valence electrons. The second-order valence-electron chi connectivity index (χ2n) is 5.52. The third-order valence-corrected chi connectivity index (χ3v) is 4.12. The molecule has 0 unspecified atom stereocenters. The highest BCUT2D eigenvalue weighted by Crippen LogP contribution is 2.35. The van der Waals surface area contributed by atoms with E-state index in [0.717, 1.165) is 18.5 Å². The third kappa shape index (κ3) is 1.95. The Morgan fingerprint density at radius 3 is 3.00 bits per heavy atom. The average molecular weight is 265 g/mol. The first-order chi connectivity index (χ1) is 9.02. The minimum Gasteiger partial charge on any atom is -0.388 e. The molecule has 0 radical (unpaired) electrons. The van der Waals surface area contributed by atoms with Gasteiger partial charge >= 0.3 is 0 Å². The number of hydrogen-bond acceptors (Lipinski definition) is 4. The fourth-order valence-corrected chi connectivity index (χ4v) is 3.11. The second-order valence-corrected chi connectivity index (χ2v) is 5.52. The van der Waals surface area contributed by atoms with Crippen molar-refractivity contribution < 1.29 is 14.6 Å². The molecule has 1 aromatic rings. The molecule has 2 fully saturated rings. The molecule has 3 heterocycles. The van der Waals surface area contributed by atoms with Gasteiger partial charge < -0.3 is 14.7 Å². The Labute approximate surface area is 112 Å². The largest absolute Gasteiger partial charge is 0.388 e. The summed E-state index contributed by atoms with van der Waals surface area (Å²) in [5, 5.41) is 14.4. The molecule has 6 heteroatoms. The Morgan fingerprint density at radius 1 is 1.63 bits per heavy atom. The van der Waals surface area contributed by atoms with Crippen molar-refractivity contribution in [2.75, 3.05) is 19.7 Å². The van der Waals surface area contributed by atoms with Crippen LogP contribution in [0.25, 0.3) is 0 Å². The summed E-state index contributed by atoms with van der Waals surface area (Å²) >= 11 is 0. The molecule has 1 N–H and O–H groups in total. The molecule has 3 rings (SSSR count). The van der Waals surface area contributed by atoms with Crippen LogP contribution >= 0.6 is 0 Å². The molecular formula is C13H19N3O3. The minimum atomic E-state index is -0.587. The summed E-state index contributed by atoms with van der Waals surface area (Å²) in [6.07, 6.45) is 2.91. The molecule has 1 aromatic heterocycles.